The summed E-state index contributed by atoms with van der Waals surface area (Å²) in [5.74, 6) is 1.60. The second-order valence-corrected chi connectivity index (χ2v) is 6.60. The van der Waals surface area contributed by atoms with Crippen molar-refractivity contribution in [2.45, 2.75) is 32.5 Å². The Balaban J connectivity index is 1.55. The van der Waals surface area contributed by atoms with Crippen LogP contribution < -0.4 is 4.74 Å². The number of carbonyl (C=O) groups is 1. The van der Waals surface area contributed by atoms with E-state index in [2.05, 4.69) is 28.7 Å². The van der Waals surface area contributed by atoms with Gasteiger partial charge in [0.15, 0.2) is 0 Å². The number of fused-ring (bicyclic) bond motifs is 1. The number of hydrogen-bond acceptors (Lipinski definition) is 3. The molecule has 0 saturated heterocycles. The number of pyridine rings is 1. The maximum Gasteiger partial charge on any atom is 0.226 e. The Morgan fingerprint density at radius 1 is 1.26 bits per heavy atom. The van der Waals surface area contributed by atoms with Gasteiger partial charge in [-0.15, -0.1) is 0 Å². The molecule has 2 aromatic heterocycles. The predicted octanol–water partition coefficient (Wildman–Crippen LogP) is 2.33. The standard InChI is InChI=1S/C18H21N3O2/c1-13-9-16(13)18(22)21-10-14-5-4-8-20(14)11-15(12-21)23-17-6-2-3-7-19-17/h2-8,13,15-16H,9-12H2,1H3/t13-,15+,16-/m1/s1. The molecule has 4 rings (SSSR count). The van der Waals surface area contributed by atoms with Crippen LogP contribution in [-0.4, -0.2) is 33.0 Å². The Labute approximate surface area is 135 Å². The van der Waals surface area contributed by atoms with Gasteiger partial charge in [-0.25, -0.2) is 4.98 Å². The van der Waals surface area contributed by atoms with Crippen molar-refractivity contribution in [2.24, 2.45) is 11.8 Å². The van der Waals surface area contributed by atoms with Crippen LogP contribution in [0.1, 0.15) is 19.0 Å². The molecule has 1 aliphatic heterocycles. The highest BCUT2D eigenvalue weighted by molar-refractivity contribution is 5.81. The van der Waals surface area contributed by atoms with E-state index in [0.29, 0.717) is 24.9 Å². The van der Waals surface area contributed by atoms with Crippen molar-refractivity contribution < 1.29 is 9.53 Å². The zero-order valence-corrected chi connectivity index (χ0v) is 13.3. The minimum Gasteiger partial charge on any atom is -0.471 e. The van der Waals surface area contributed by atoms with Crippen molar-refractivity contribution >= 4 is 5.91 Å². The van der Waals surface area contributed by atoms with Gasteiger partial charge in [-0.1, -0.05) is 13.0 Å². The van der Waals surface area contributed by atoms with Crippen molar-refractivity contribution in [3.05, 3.63) is 48.4 Å². The van der Waals surface area contributed by atoms with Crippen LogP contribution in [0.15, 0.2) is 42.7 Å². The van der Waals surface area contributed by atoms with E-state index in [4.69, 9.17) is 4.74 Å². The van der Waals surface area contributed by atoms with Crippen molar-refractivity contribution in [1.29, 1.82) is 0 Å². The Morgan fingerprint density at radius 2 is 2.13 bits per heavy atom. The lowest BCUT2D eigenvalue weighted by Crippen LogP contribution is -2.39. The number of nitrogens with zero attached hydrogens (tertiary/aromatic N) is 3. The van der Waals surface area contributed by atoms with Crippen molar-refractivity contribution in [2.75, 3.05) is 6.54 Å². The second kappa shape index (κ2) is 5.72. The van der Waals surface area contributed by atoms with Gasteiger partial charge in [0.25, 0.3) is 0 Å². The van der Waals surface area contributed by atoms with Gasteiger partial charge in [-0.2, -0.15) is 0 Å². The fourth-order valence-corrected chi connectivity index (χ4v) is 3.28. The lowest BCUT2D eigenvalue weighted by atomic mass is 10.2. The maximum absolute atomic E-state index is 12.7. The van der Waals surface area contributed by atoms with Crippen LogP contribution in [0.4, 0.5) is 0 Å². The first-order valence-corrected chi connectivity index (χ1v) is 8.21. The summed E-state index contributed by atoms with van der Waals surface area (Å²) in [6.45, 7) is 4.16. The number of ether oxygens (including phenoxy) is 1. The zero-order chi connectivity index (χ0) is 15.8. The molecule has 0 unspecified atom stereocenters. The molecule has 3 atom stereocenters. The Bertz CT molecular complexity index is 697. The maximum atomic E-state index is 12.7. The molecular weight excluding hydrogens is 290 g/mol. The minimum atomic E-state index is -0.0865. The number of hydrogen-bond donors (Lipinski definition) is 0. The van der Waals surface area contributed by atoms with Crippen molar-refractivity contribution in [3.63, 3.8) is 0 Å². The third-order valence-corrected chi connectivity index (χ3v) is 4.76. The molecule has 0 N–H and O–H groups in total. The Hall–Kier alpha value is -2.30. The molecule has 5 nitrogen and oxygen atoms in total. The van der Waals surface area contributed by atoms with Gasteiger partial charge in [-0.05, 0) is 30.5 Å². The van der Waals surface area contributed by atoms with E-state index in [0.717, 1.165) is 13.0 Å². The zero-order valence-electron chi connectivity index (χ0n) is 13.3. The number of amides is 1. The van der Waals surface area contributed by atoms with Gasteiger partial charge in [0.05, 0.1) is 19.6 Å². The highest BCUT2D eigenvalue weighted by Crippen LogP contribution is 2.39. The van der Waals surface area contributed by atoms with Gasteiger partial charge < -0.3 is 14.2 Å². The molecule has 5 heteroatoms. The first kappa shape index (κ1) is 14.3. The van der Waals surface area contributed by atoms with E-state index in [9.17, 15) is 4.79 Å². The smallest absolute Gasteiger partial charge is 0.226 e. The van der Waals surface area contributed by atoms with E-state index in [1.54, 1.807) is 6.20 Å². The molecule has 23 heavy (non-hydrogen) atoms. The average Bonchev–Trinajstić information content (AvgIpc) is 3.18. The second-order valence-electron chi connectivity index (χ2n) is 6.60. The van der Waals surface area contributed by atoms with E-state index < -0.39 is 0 Å². The normalized spacial score (nSPS) is 26.3. The first-order valence-electron chi connectivity index (χ1n) is 8.21. The summed E-state index contributed by atoms with van der Waals surface area (Å²) < 4.78 is 8.22. The molecule has 2 aromatic rings. The quantitative estimate of drug-likeness (QED) is 0.874. The summed E-state index contributed by atoms with van der Waals surface area (Å²) in [6.07, 6.45) is 4.71. The van der Waals surface area contributed by atoms with Crippen LogP contribution in [0.25, 0.3) is 0 Å². The molecule has 120 valence electrons. The molecule has 0 spiro atoms. The predicted molar refractivity (Wildman–Crippen MR) is 85.8 cm³/mol. The lowest BCUT2D eigenvalue weighted by molar-refractivity contribution is -0.134. The SMILES string of the molecule is C[C@@H]1C[C@H]1C(=O)N1Cc2cccn2C[C@H](Oc2ccccn2)C1. The van der Waals surface area contributed by atoms with E-state index in [1.165, 1.54) is 5.69 Å². The molecule has 0 radical (unpaired) electrons. The molecule has 1 fully saturated rings. The van der Waals surface area contributed by atoms with Gasteiger partial charge in [-0.3, -0.25) is 4.79 Å². The van der Waals surface area contributed by atoms with Gasteiger partial charge in [0, 0.05) is 30.1 Å². The van der Waals surface area contributed by atoms with Gasteiger partial charge >= 0.3 is 0 Å². The fourth-order valence-electron chi connectivity index (χ4n) is 3.28. The molecule has 0 aromatic carbocycles. The summed E-state index contributed by atoms with van der Waals surface area (Å²) in [5, 5.41) is 0. The highest BCUT2D eigenvalue weighted by atomic mass is 16.5. The summed E-state index contributed by atoms with van der Waals surface area (Å²) in [6, 6.07) is 9.75. The van der Waals surface area contributed by atoms with E-state index in [-0.39, 0.29) is 17.9 Å². The molecule has 1 aliphatic carbocycles. The third kappa shape index (κ3) is 2.96. The van der Waals surface area contributed by atoms with Crippen molar-refractivity contribution in [3.8, 4) is 5.88 Å². The van der Waals surface area contributed by atoms with Crippen LogP contribution in [0.5, 0.6) is 5.88 Å². The molecule has 1 saturated carbocycles. The van der Waals surface area contributed by atoms with Gasteiger partial charge in [0.1, 0.15) is 6.10 Å². The monoisotopic (exact) mass is 311 g/mol. The third-order valence-electron chi connectivity index (χ3n) is 4.76. The summed E-state index contributed by atoms with van der Waals surface area (Å²) in [5.41, 5.74) is 1.17. The van der Waals surface area contributed by atoms with Crippen LogP contribution in [0, 0.1) is 11.8 Å². The summed E-state index contributed by atoms with van der Waals surface area (Å²) in [4.78, 5) is 18.9. The van der Waals surface area contributed by atoms with E-state index in [1.807, 2.05) is 29.2 Å². The Morgan fingerprint density at radius 3 is 2.87 bits per heavy atom. The van der Waals surface area contributed by atoms with Crippen LogP contribution >= 0.6 is 0 Å². The van der Waals surface area contributed by atoms with E-state index >= 15 is 0 Å². The van der Waals surface area contributed by atoms with Crippen LogP contribution in [-0.2, 0) is 17.9 Å². The first-order chi connectivity index (χ1) is 11.2. The number of carbonyl (C=O) groups excluding carboxylic acids is 1. The average molecular weight is 311 g/mol. The summed E-state index contributed by atoms with van der Waals surface area (Å²) >= 11 is 0. The fraction of sp³-hybridized carbons (Fsp3) is 0.444. The molecule has 2 aliphatic rings. The van der Waals surface area contributed by atoms with Crippen molar-refractivity contribution in [1.82, 2.24) is 14.5 Å². The topological polar surface area (TPSA) is 47.4 Å². The molecule has 1 amide bonds. The largest absolute Gasteiger partial charge is 0.471 e. The number of aromatic nitrogens is 2. The summed E-state index contributed by atoms with van der Waals surface area (Å²) in [7, 11) is 0. The molecular formula is C18H21N3O2. The molecule has 3 heterocycles. The number of rotatable bonds is 3. The van der Waals surface area contributed by atoms with Crippen LogP contribution in [0.2, 0.25) is 0 Å². The van der Waals surface area contributed by atoms with Crippen LogP contribution in [0.3, 0.4) is 0 Å². The molecule has 0 bridgehead atoms. The minimum absolute atomic E-state index is 0.0865. The Kier molecular flexibility index (Phi) is 3.56. The van der Waals surface area contributed by atoms with Gasteiger partial charge in [0.2, 0.25) is 11.8 Å². The highest BCUT2D eigenvalue weighted by Gasteiger charge is 2.42. The lowest BCUT2D eigenvalue weighted by Gasteiger charge is -2.24.